The van der Waals surface area contributed by atoms with Gasteiger partial charge in [-0.05, 0) is 6.07 Å². The van der Waals surface area contributed by atoms with Crippen LogP contribution in [0.2, 0.25) is 4.47 Å². The molecule has 1 saturated heterocycles. The summed E-state index contributed by atoms with van der Waals surface area (Å²) < 4.78 is 0.513. The molecule has 22 heavy (non-hydrogen) atoms. The van der Waals surface area contributed by atoms with Crippen molar-refractivity contribution in [3.05, 3.63) is 49.9 Å². The molecule has 1 aliphatic heterocycles. The lowest BCUT2D eigenvalue weighted by molar-refractivity contribution is -0.384. The number of hydrogen-bond acceptors (Lipinski definition) is 6. The monoisotopic (exact) mass is 354 g/mol. The first-order valence-electron chi connectivity index (χ1n) is 6.43. The van der Waals surface area contributed by atoms with Crippen LogP contribution < -0.4 is 0 Å². The maximum Gasteiger partial charge on any atom is 0.294 e. The van der Waals surface area contributed by atoms with E-state index in [0.29, 0.717) is 16.7 Å². The van der Waals surface area contributed by atoms with Gasteiger partial charge in [0, 0.05) is 29.4 Å². The van der Waals surface area contributed by atoms with E-state index < -0.39 is 4.92 Å². The summed E-state index contributed by atoms with van der Waals surface area (Å²) in [6.45, 7) is 1.51. The minimum atomic E-state index is -0.410. The molecular weight excluding hydrogens is 344 g/mol. The summed E-state index contributed by atoms with van der Waals surface area (Å²) in [6, 6.07) is 6.51. The fraction of sp³-hybridized carbons (Fsp3) is 0.231. The van der Waals surface area contributed by atoms with Crippen LogP contribution in [0.25, 0.3) is 0 Å². The summed E-state index contributed by atoms with van der Waals surface area (Å²) in [5.41, 5.74) is 0.396. The van der Waals surface area contributed by atoms with E-state index in [0.717, 1.165) is 22.3 Å². The summed E-state index contributed by atoms with van der Waals surface area (Å²) >= 11 is 8.87. The summed E-state index contributed by atoms with van der Waals surface area (Å²) in [4.78, 5) is 22.3. The highest BCUT2D eigenvalue weighted by Crippen LogP contribution is 2.31. The van der Waals surface area contributed by atoms with Crippen molar-refractivity contribution in [1.82, 2.24) is 9.88 Å². The van der Waals surface area contributed by atoms with Crippen LogP contribution >= 0.6 is 34.7 Å². The minimum Gasteiger partial charge on any atom is -0.345 e. The molecule has 0 bridgehead atoms. The van der Waals surface area contributed by atoms with Crippen LogP contribution in [0.5, 0.6) is 0 Å². The zero-order chi connectivity index (χ0) is 15.5. The largest absolute Gasteiger partial charge is 0.345 e. The number of thiazole rings is 1. The van der Waals surface area contributed by atoms with E-state index in [2.05, 4.69) is 14.9 Å². The van der Waals surface area contributed by atoms with Crippen molar-refractivity contribution in [2.24, 2.45) is 4.99 Å². The van der Waals surface area contributed by atoms with Gasteiger partial charge in [-0.15, -0.1) is 11.3 Å². The Morgan fingerprint density at radius 3 is 3.00 bits per heavy atom. The molecule has 0 N–H and O–H groups in total. The second kappa shape index (κ2) is 6.64. The van der Waals surface area contributed by atoms with Gasteiger partial charge in [0.15, 0.2) is 9.63 Å². The van der Waals surface area contributed by atoms with E-state index in [1.807, 2.05) is 0 Å². The quantitative estimate of drug-likeness (QED) is 0.614. The average molecular weight is 355 g/mol. The maximum absolute atomic E-state index is 11.1. The zero-order valence-corrected chi connectivity index (χ0v) is 13.7. The van der Waals surface area contributed by atoms with Crippen LogP contribution in [0, 0.1) is 10.1 Å². The third kappa shape index (κ3) is 3.40. The Balaban J connectivity index is 1.85. The van der Waals surface area contributed by atoms with Crippen LogP contribution in [-0.4, -0.2) is 32.3 Å². The lowest BCUT2D eigenvalue weighted by Gasteiger charge is -2.16. The van der Waals surface area contributed by atoms with Gasteiger partial charge in [-0.25, -0.2) is 9.98 Å². The van der Waals surface area contributed by atoms with Gasteiger partial charge < -0.3 is 4.90 Å². The van der Waals surface area contributed by atoms with Gasteiger partial charge in [0.05, 0.1) is 11.5 Å². The number of benzene rings is 1. The Kier molecular flexibility index (Phi) is 4.60. The maximum atomic E-state index is 11.1. The van der Waals surface area contributed by atoms with Gasteiger partial charge in [-0.3, -0.25) is 10.1 Å². The molecule has 1 aromatic carbocycles. The summed E-state index contributed by atoms with van der Waals surface area (Å²) in [6.07, 6.45) is 1.75. The highest BCUT2D eigenvalue weighted by atomic mass is 35.5. The van der Waals surface area contributed by atoms with Crippen molar-refractivity contribution in [3.8, 4) is 0 Å². The molecule has 0 saturated carbocycles. The number of rotatable bonds is 4. The Morgan fingerprint density at radius 2 is 2.27 bits per heavy atom. The number of halogens is 1. The smallest absolute Gasteiger partial charge is 0.294 e. The SMILES string of the molecule is O=[N+]([O-])c1ccccc1N=C1SCCN1Cc1cnc(Cl)s1. The number of aromatic nitrogens is 1. The van der Waals surface area contributed by atoms with Crippen molar-refractivity contribution >= 4 is 51.2 Å². The van der Waals surface area contributed by atoms with Gasteiger partial charge in [-0.1, -0.05) is 35.5 Å². The van der Waals surface area contributed by atoms with Crippen LogP contribution in [0.1, 0.15) is 4.88 Å². The first-order valence-corrected chi connectivity index (χ1v) is 8.61. The van der Waals surface area contributed by atoms with Crippen molar-refractivity contribution in [2.75, 3.05) is 12.3 Å². The summed E-state index contributed by atoms with van der Waals surface area (Å²) in [7, 11) is 0. The number of nitro benzene ring substituents is 1. The molecule has 0 amide bonds. The van der Waals surface area contributed by atoms with Gasteiger partial charge in [-0.2, -0.15) is 0 Å². The van der Waals surface area contributed by atoms with Crippen molar-refractivity contribution in [1.29, 1.82) is 0 Å². The van der Waals surface area contributed by atoms with E-state index in [4.69, 9.17) is 11.6 Å². The Labute approximate surface area is 140 Å². The molecule has 2 heterocycles. The van der Waals surface area contributed by atoms with Gasteiger partial charge in [0.25, 0.3) is 5.69 Å². The lowest BCUT2D eigenvalue weighted by atomic mass is 10.3. The van der Waals surface area contributed by atoms with Crippen LogP contribution in [-0.2, 0) is 6.54 Å². The van der Waals surface area contributed by atoms with Gasteiger partial charge in [0.1, 0.15) is 5.69 Å². The second-order valence-electron chi connectivity index (χ2n) is 4.49. The van der Waals surface area contributed by atoms with Gasteiger partial charge in [0.2, 0.25) is 0 Å². The van der Waals surface area contributed by atoms with Gasteiger partial charge >= 0.3 is 0 Å². The predicted molar refractivity (Wildman–Crippen MR) is 90.2 cm³/mol. The number of thioether (sulfide) groups is 1. The molecule has 0 radical (unpaired) electrons. The van der Waals surface area contributed by atoms with Crippen molar-refractivity contribution in [3.63, 3.8) is 0 Å². The number of amidine groups is 1. The fourth-order valence-electron chi connectivity index (χ4n) is 2.04. The van der Waals surface area contributed by atoms with Crippen molar-refractivity contribution in [2.45, 2.75) is 6.54 Å². The molecular formula is C13H11ClN4O2S2. The van der Waals surface area contributed by atoms with Crippen LogP contribution in [0.3, 0.4) is 0 Å². The Bertz CT molecular complexity index is 734. The fourth-order valence-corrected chi connectivity index (χ4v) is 4.03. The molecule has 0 aliphatic carbocycles. The second-order valence-corrected chi connectivity index (χ2v) is 7.25. The number of hydrogen-bond donors (Lipinski definition) is 0. The highest BCUT2D eigenvalue weighted by Gasteiger charge is 2.22. The molecule has 1 aliphatic rings. The predicted octanol–water partition coefficient (Wildman–Crippen LogP) is 3.94. The Hall–Kier alpha value is -1.64. The molecule has 0 unspecified atom stereocenters. The standard InChI is InChI=1S/C13H11ClN4O2S2/c14-12-15-7-9(22-12)8-17-5-6-21-13(17)16-10-3-1-2-4-11(10)18(19)20/h1-4,7H,5-6,8H2. The molecule has 114 valence electrons. The summed E-state index contributed by atoms with van der Waals surface area (Å²) in [5.74, 6) is 0.909. The third-order valence-electron chi connectivity index (χ3n) is 3.03. The summed E-state index contributed by atoms with van der Waals surface area (Å²) in [5, 5.41) is 11.9. The average Bonchev–Trinajstić information content (AvgIpc) is 3.09. The number of aliphatic imine (C=N–C) groups is 1. The van der Waals surface area contributed by atoms with E-state index in [9.17, 15) is 10.1 Å². The molecule has 1 fully saturated rings. The van der Waals surface area contributed by atoms with E-state index in [-0.39, 0.29) is 5.69 Å². The number of nitro groups is 1. The number of para-hydroxylation sites is 2. The molecule has 1 aromatic heterocycles. The third-order valence-corrected chi connectivity index (χ3v) is 5.12. The van der Waals surface area contributed by atoms with E-state index in [1.54, 1.807) is 36.2 Å². The molecule has 9 heteroatoms. The molecule has 0 spiro atoms. The highest BCUT2D eigenvalue weighted by molar-refractivity contribution is 8.14. The first-order chi connectivity index (χ1) is 10.6. The first kappa shape index (κ1) is 15.3. The van der Waals surface area contributed by atoms with E-state index >= 15 is 0 Å². The minimum absolute atomic E-state index is 0.0169. The molecule has 0 atom stereocenters. The molecule has 2 aromatic rings. The van der Waals surface area contributed by atoms with Crippen LogP contribution in [0.4, 0.5) is 11.4 Å². The topological polar surface area (TPSA) is 71.6 Å². The lowest BCUT2D eigenvalue weighted by Crippen LogP contribution is -2.23. The Morgan fingerprint density at radius 1 is 1.45 bits per heavy atom. The van der Waals surface area contributed by atoms with Crippen LogP contribution in [0.15, 0.2) is 35.5 Å². The van der Waals surface area contributed by atoms with Crippen molar-refractivity contribution < 1.29 is 4.92 Å². The normalized spacial score (nSPS) is 16.4. The zero-order valence-electron chi connectivity index (χ0n) is 11.3. The molecule has 6 nitrogen and oxygen atoms in total. The molecule has 3 rings (SSSR count). The number of nitrogens with zero attached hydrogens (tertiary/aromatic N) is 4. The van der Waals surface area contributed by atoms with E-state index in [1.165, 1.54) is 17.4 Å².